The average Bonchev–Trinajstić information content (AvgIpc) is 3.03. The summed E-state index contributed by atoms with van der Waals surface area (Å²) in [5.41, 5.74) is 2.16. The second-order valence-electron chi connectivity index (χ2n) is 10.1. The Bertz CT molecular complexity index is 922. The van der Waals surface area contributed by atoms with Gasteiger partial charge < -0.3 is 14.8 Å². The number of carbonyl (C=O) groups is 1. The molecule has 1 saturated heterocycles. The summed E-state index contributed by atoms with van der Waals surface area (Å²) >= 11 is 0. The second-order valence-corrected chi connectivity index (χ2v) is 10.1. The molecule has 0 unspecified atom stereocenters. The van der Waals surface area contributed by atoms with Crippen LogP contribution in [0, 0.1) is 18.3 Å². The molecule has 1 aliphatic carbocycles. The van der Waals surface area contributed by atoms with Gasteiger partial charge in [-0.25, -0.2) is 4.79 Å². The molecular weight excluding hydrogens is 362 g/mol. The molecular formula is C25H33NO3. The van der Waals surface area contributed by atoms with Gasteiger partial charge in [0.05, 0.1) is 11.6 Å². The SMILES string of the molecule is Cc1c(O[C@H]2CC[C@H](C(C)(C)C)CC2)ccc2cc([C@]3(C)COC(=O)N3)ccc12. The summed E-state index contributed by atoms with van der Waals surface area (Å²) < 4.78 is 11.6. The number of hydrogen-bond acceptors (Lipinski definition) is 3. The van der Waals surface area contributed by atoms with Crippen LogP contribution in [-0.2, 0) is 10.3 Å². The maximum Gasteiger partial charge on any atom is 0.408 e. The lowest BCUT2D eigenvalue weighted by atomic mass is 9.72. The van der Waals surface area contributed by atoms with E-state index >= 15 is 0 Å². The van der Waals surface area contributed by atoms with Crippen LogP contribution in [-0.4, -0.2) is 18.8 Å². The van der Waals surface area contributed by atoms with Gasteiger partial charge in [0.1, 0.15) is 12.4 Å². The van der Waals surface area contributed by atoms with E-state index < -0.39 is 5.54 Å². The van der Waals surface area contributed by atoms with E-state index in [-0.39, 0.29) is 6.09 Å². The fourth-order valence-electron chi connectivity index (χ4n) is 4.83. The number of amides is 1. The molecule has 1 saturated carbocycles. The maximum absolute atomic E-state index is 11.5. The van der Waals surface area contributed by atoms with Gasteiger partial charge in [0.2, 0.25) is 0 Å². The molecule has 1 amide bonds. The monoisotopic (exact) mass is 395 g/mol. The maximum atomic E-state index is 11.5. The topological polar surface area (TPSA) is 47.6 Å². The van der Waals surface area contributed by atoms with Gasteiger partial charge in [-0.3, -0.25) is 0 Å². The second kappa shape index (κ2) is 7.23. The predicted octanol–water partition coefficient (Wildman–Crippen LogP) is 6.09. The van der Waals surface area contributed by atoms with Gasteiger partial charge in [0.15, 0.2) is 0 Å². The molecule has 2 fully saturated rings. The van der Waals surface area contributed by atoms with Crippen molar-refractivity contribution in [2.24, 2.45) is 11.3 Å². The smallest absolute Gasteiger partial charge is 0.408 e. The van der Waals surface area contributed by atoms with Crippen molar-refractivity contribution in [3.8, 4) is 5.75 Å². The van der Waals surface area contributed by atoms with Crippen molar-refractivity contribution < 1.29 is 14.3 Å². The van der Waals surface area contributed by atoms with Crippen molar-refractivity contribution in [1.82, 2.24) is 5.32 Å². The van der Waals surface area contributed by atoms with Gasteiger partial charge in [-0.1, -0.05) is 39.0 Å². The Kier molecular flexibility index (Phi) is 5.00. The van der Waals surface area contributed by atoms with Gasteiger partial charge in [-0.2, -0.15) is 0 Å². The van der Waals surface area contributed by atoms with Crippen LogP contribution in [0.25, 0.3) is 10.8 Å². The van der Waals surface area contributed by atoms with Crippen LogP contribution in [0.5, 0.6) is 5.75 Å². The van der Waals surface area contributed by atoms with Crippen LogP contribution in [0.4, 0.5) is 4.79 Å². The molecule has 1 aliphatic heterocycles. The zero-order valence-corrected chi connectivity index (χ0v) is 18.3. The van der Waals surface area contributed by atoms with Gasteiger partial charge in [0, 0.05) is 0 Å². The first-order chi connectivity index (χ1) is 13.7. The van der Waals surface area contributed by atoms with Gasteiger partial charge in [0.25, 0.3) is 0 Å². The van der Waals surface area contributed by atoms with E-state index in [0.29, 0.717) is 18.1 Å². The predicted molar refractivity (Wildman–Crippen MR) is 116 cm³/mol. The van der Waals surface area contributed by atoms with Crippen molar-refractivity contribution >= 4 is 16.9 Å². The molecule has 4 heteroatoms. The van der Waals surface area contributed by atoms with E-state index in [1.54, 1.807) is 0 Å². The summed E-state index contributed by atoms with van der Waals surface area (Å²) in [5.74, 6) is 1.79. The summed E-state index contributed by atoms with van der Waals surface area (Å²) in [6.07, 6.45) is 4.72. The molecule has 0 aromatic heterocycles. The number of rotatable bonds is 3. The van der Waals surface area contributed by atoms with E-state index in [4.69, 9.17) is 9.47 Å². The standard InChI is InChI=1S/C25H33NO3/c1-16-21-12-9-19(25(5)15-28-23(27)26-25)14-17(21)6-13-22(16)29-20-10-7-18(8-11-20)24(2,3)4/h6,9,12-14,18,20H,7-8,10-11,15H2,1-5H3,(H,26,27)/t18-,20-,25-/m0/s1. The Balaban J connectivity index is 1.51. The van der Waals surface area contributed by atoms with E-state index in [2.05, 4.69) is 63.3 Å². The van der Waals surface area contributed by atoms with Crippen LogP contribution in [0.1, 0.15) is 64.5 Å². The Morgan fingerprint density at radius 1 is 1.10 bits per heavy atom. The summed E-state index contributed by atoms with van der Waals surface area (Å²) in [7, 11) is 0. The minimum absolute atomic E-state index is 0.314. The fourth-order valence-corrected chi connectivity index (χ4v) is 4.83. The number of nitrogens with one attached hydrogen (secondary N) is 1. The zero-order valence-electron chi connectivity index (χ0n) is 18.3. The van der Waals surface area contributed by atoms with Gasteiger partial charge >= 0.3 is 6.09 Å². The molecule has 4 nitrogen and oxygen atoms in total. The van der Waals surface area contributed by atoms with Crippen molar-refractivity contribution in [2.45, 2.75) is 71.9 Å². The minimum atomic E-state index is -0.472. The molecule has 2 aromatic carbocycles. The number of fused-ring (bicyclic) bond motifs is 1. The summed E-state index contributed by atoms with van der Waals surface area (Å²) in [4.78, 5) is 11.5. The molecule has 1 heterocycles. The first kappa shape index (κ1) is 20.1. The van der Waals surface area contributed by atoms with Crippen LogP contribution >= 0.6 is 0 Å². The van der Waals surface area contributed by atoms with Crippen LogP contribution < -0.4 is 10.1 Å². The number of ether oxygens (including phenoxy) is 2. The lowest BCUT2D eigenvalue weighted by molar-refractivity contribution is 0.0878. The number of aryl methyl sites for hydroxylation is 1. The highest BCUT2D eigenvalue weighted by Crippen LogP contribution is 2.40. The molecule has 2 aliphatic rings. The number of cyclic esters (lactones) is 1. The fraction of sp³-hybridized carbons (Fsp3) is 0.560. The highest BCUT2D eigenvalue weighted by atomic mass is 16.6. The number of hydrogen-bond donors (Lipinski definition) is 1. The van der Waals surface area contributed by atoms with Gasteiger partial charge in [-0.05, 0) is 84.9 Å². The molecule has 0 spiro atoms. The molecule has 0 radical (unpaired) electrons. The van der Waals surface area contributed by atoms with Crippen LogP contribution in [0.15, 0.2) is 30.3 Å². The average molecular weight is 396 g/mol. The van der Waals surface area contributed by atoms with Crippen molar-refractivity contribution in [3.63, 3.8) is 0 Å². The minimum Gasteiger partial charge on any atom is -0.490 e. The number of benzene rings is 2. The van der Waals surface area contributed by atoms with Crippen LogP contribution in [0.2, 0.25) is 0 Å². The van der Waals surface area contributed by atoms with E-state index in [1.807, 2.05) is 6.92 Å². The highest BCUT2D eigenvalue weighted by molar-refractivity contribution is 5.88. The molecule has 1 atom stereocenters. The molecule has 4 rings (SSSR count). The summed E-state index contributed by atoms with van der Waals surface area (Å²) in [6.45, 7) is 11.5. The highest BCUT2D eigenvalue weighted by Gasteiger charge is 2.36. The largest absolute Gasteiger partial charge is 0.490 e. The molecule has 1 N–H and O–H groups in total. The van der Waals surface area contributed by atoms with E-state index in [0.717, 1.165) is 35.5 Å². The first-order valence-corrected chi connectivity index (χ1v) is 10.8. The Hall–Kier alpha value is -2.23. The van der Waals surface area contributed by atoms with Gasteiger partial charge in [-0.15, -0.1) is 0 Å². The zero-order chi connectivity index (χ0) is 20.8. The summed E-state index contributed by atoms with van der Waals surface area (Å²) in [6, 6.07) is 10.6. The normalized spacial score (nSPS) is 27.6. The summed E-state index contributed by atoms with van der Waals surface area (Å²) in [5, 5.41) is 5.28. The Morgan fingerprint density at radius 3 is 2.45 bits per heavy atom. The van der Waals surface area contributed by atoms with Crippen molar-refractivity contribution in [2.75, 3.05) is 6.61 Å². The Labute approximate surface area is 174 Å². The number of carbonyl (C=O) groups excluding carboxylic acids is 1. The molecule has 2 aromatic rings. The number of alkyl carbamates (subject to hydrolysis) is 1. The van der Waals surface area contributed by atoms with Crippen molar-refractivity contribution in [3.05, 3.63) is 41.5 Å². The molecule has 0 bridgehead atoms. The third-order valence-electron chi connectivity index (χ3n) is 6.94. The lowest BCUT2D eigenvalue weighted by Crippen LogP contribution is -2.37. The molecule has 29 heavy (non-hydrogen) atoms. The first-order valence-electron chi connectivity index (χ1n) is 10.8. The Morgan fingerprint density at radius 2 is 1.83 bits per heavy atom. The lowest BCUT2D eigenvalue weighted by Gasteiger charge is -2.37. The van der Waals surface area contributed by atoms with E-state index in [1.165, 1.54) is 23.8 Å². The third-order valence-corrected chi connectivity index (χ3v) is 6.94. The van der Waals surface area contributed by atoms with Crippen molar-refractivity contribution in [1.29, 1.82) is 0 Å². The third kappa shape index (κ3) is 3.94. The van der Waals surface area contributed by atoms with E-state index in [9.17, 15) is 4.79 Å². The quantitative estimate of drug-likeness (QED) is 0.684. The molecule has 156 valence electrons. The van der Waals surface area contributed by atoms with Crippen LogP contribution in [0.3, 0.4) is 0 Å².